The summed E-state index contributed by atoms with van der Waals surface area (Å²) in [6.45, 7) is 0. The second kappa shape index (κ2) is 7.89. The van der Waals surface area contributed by atoms with E-state index in [1.165, 1.54) is 0 Å². The standard InChI is InChI=1S/C6H4Cl2.C5H5.F6P.Fe/c7-5-2-1-3-6(8)4-5;1-2-4-5-3-1;1-7(2,3,4,5)6;/h1-4H;1-5H;;/q;;-1;. The normalized spacial score (nSPS) is 15.4. The molecule has 10 heteroatoms. The van der Waals surface area contributed by atoms with Crippen molar-refractivity contribution in [3.63, 3.8) is 0 Å². The molecule has 0 aromatic heterocycles. The van der Waals surface area contributed by atoms with Gasteiger partial charge in [-0.1, -0.05) is 53.6 Å². The van der Waals surface area contributed by atoms with Crippen LogP contribution in [0.25, 0.3) is 0 Å². The van der Waals surface area contributed by atoms with Crippen molar-refractivity contribution < 1.29 is 42.3 Å². The summed E-state index contributed by atoms with van der Waals surface area (Å²) in [6, 6.07) is 7.08. The Morgan fingerprint density at radius 2 is 1.05 bits per heavy atom. The maximum atomic E-state index is 9.87. The van der Waals surface area contributed by atoms with Gasteiger partial charge >= 0.3 is 33.0 Å². The molecule has 1 aromatic rings. The van der Waals surface area contributed by atoms with Gasteiger partial charge in [-0.15, -0.1) is 0 Å². The zero-order valence-electron chi connectivity index (χ0n) is 10.0. The van der Waals surface area contributed by atoms with E-state index in [4.69, 9.17) is 23.2 Å². The Balaban J connectivity index is 0. The molecule has 0 saturated heterocycles. The Morgan fingerprint density at radius 1 is 0.714 bits per heavy atom. The molecule has 0 spiro atoms. The predicted molar refractivity (Wildman–Crippen MR) is 72.6 cm³/mol. The molecule has 0 unspecified atom stereocenters. The number of halogens is 8. The smallest absolute Gasteiger partial charge is 0.00506 e. The van der Waals surface area contributed by atoms with E-state index < -0.39 is 7.81 Å². The van der Waals surface area contributed by atoms with E-state index >= 15 is 0 Å². The van der Waals surface area contributed by atoms with E-state index in [2.05, 4.69) is 0 Å². The van der Waals surface area contributed by atoms with Gasteiger partial charge in [0.1, 0.15) is 0 Å². The molecule has 1 aromatic carbocycles. The number of hydrogen-bond acceptors (Lipinski definition) is 0. The Hall–Kier alpha value is -0.191. The minimum atomic E-state index is -10.7. The molecule has 1 aliphatic carbocycles. The first-order valence-electron chi connectivity index (χ1n) is 4.88. The van der Waals surface area contributed by atoms with Crippen LogP contribution in [0, 0.1) is 6.42 Å². The van der Waals surface area contributed by atoms with Gasteiger partial charge in [0.25, 0.3) is 0 Å². The predicted octanol–water partition coefficient (Wildman–Crippen LogP) is 7.69. The Bertz CT molecular complexity index is 459. The minimum Gasteiger partial charge on any atom is -0.0767 e. The molecule has 0 fully saturated rings. The van der Waals surface area contributed by atoms with Crippen molar-refractivity contribution in [2.24, 2.45) is 0 Å². The van der Waals surface area contributed by atoms with E-state index in [9.17, 15) is 25.2 Å². The SMILES string of the molecule is Clc1cccc(Cl)c1.F[P-](F)(F)(F)(F)F.[CH]1C=CC=C1.[Fe]. The van der Waals surface area contributed by atoms with Gasteiger partial charge in [0.2, 0.25) is 0 Å². The number of allylic oxidation sites excluding steroid dienone is 4. The summed E-state index contributed by atoms with van der Waals surface area (Å²) in [6.07, 6.45) is 10.0. The van der Waals surface area contributed by atoms with Gasteiger partial charge in [-0.05, 0) is 18.2 Å². The van der Waals surface area contributed by atoms with Crippen molar-refractivity contribution in [1.82, 2.24) is 0 Å². The van der Waals surface area contributed by atoms with E-state index in [0.29, 0.717) is 10.0 Å². The van der Waals surface area contributed by atoms with E-state index in [1.54, 1.807) is 18.2 Å². The Kier molecular flexibility index (Phi) is 8.67. The van der Waals surface area contributed by atoms with Gasteiger partial charge in [0.05, 0.1) is 0 Å². The van der Waals surface area contributed by atoms with E-state index in [-0.39, 0.29) is 17.1 Å². The maximum absolute atomic E-state index is 10.7. The van der Waals surface area contributed by atoms with Crippen LogP contribution in [0.4, 0.5) is 25.2 Å². The number of benzene rings is 1. The average molecular weight is 413 g/mol. The van der Waals surface area contributed by atoms with Crippen LogP contribution in [0.3, 0.4) is 0 Å². The monoisotopic (exact) mass is 412 g/mol. The van der Waals surface area contributed by atoms with Gasteiger partial charge in [-0.25, -0.2) is 0 Å². The molecule has 0 bridgehead atoms. The Labute approximate surface area is 138 Å². The summed E-state index contributed by atoms with van der Waals surface area (Å²) in [7, 11) is -10.7. The van der Waals surface area contributed by atoms with Crippen LogP contribution in [-0.4, -0.2) is 0 Å². The first-order valence-corrected chi connectivity index (χ1v) is 7.66. The van der Waals surface area contributed by atoms with Gasteiger partial charge in [0.15, 0.2) is 0 Å². The van der Waals surface area contributed by atoms with Crippen molar-refractivity contribution in [3.8, 4) is 0 Å². The summed E-state index contributed by atoms with van der Waals surface area (Å²) in [5, 5.41) is 1.36. The molecule has 0 amide bonds. The van der Waals surface area contributed by atoms with Crippen molar-refractivity contribution in [1.29, 1.82) is 0 Å². The molecule has 1 radical (unpaired) electrons. The van der Waals surface area contributed by atoms with Crippen LogP contribution in [0.2, 0.25) is 10.0 Å². The van der Waals surface area contributed by atoms with Crippen LogP contribution in [0.5, 0.6) is 0 Å². The van der Waals surface area contributed by atoms with Crippen molar-refractivity contribution in [2.75, 3.05) is 0 Å². The van der Waals surface area contributed by atoms with Crippen LogP contribution < -0.4 is 0 Å². The summed E-state index contributed by atoms with van der Waals surface area (Å²) in [5.41, 5.74) is 0. The molecule has 0 heterocycles. The fraction of sp³-hybridized carbons (Fsp3) is 0. The second-order valence-electron chi connectivity index (χ2n) is 3.36. The zero-order valence-corrected chi connectivity index (χ0v) is 13.5. The van der Waals surface area contributed by atoms with Gasteiger partial charge in [0, 0.05) is 33.5 Å². The summed E-state index contributed by atoms with van der Waals surface area (Å²) in [5.74, 6) is 0. The zero-order chi connectivity index (χ0) is 15.9. The van der Waals surface area contributed by atoms with Gasteiger partial charge in [-0.2, -0.15) is 0 Å². The van der Waals surface area contributed by atoms with Crippen LogP contribution in [0.1, 0.15) is 0 Å². The molecule has 2 rings (SSSR count). The maximum Gasteiger partial charge on any atom is 0.00506 e. The van der Waals surface area contributed by atoms with Gasteiger partial charge < -0.3 is 0 Å². The molecular formula is C11H9Cl2F6FeP-. The van der Waals surface area contributed by atoms with Crippen LogP contribution in [-0.2, 0) is 17.1 Å². The summed E-state index contributed by atoms with van der Waals surface area (Å²) < 4.78 is 59.2. The van der Waals surface area contributed by atoms with Crippen LogP contribution >= 0.6 is 31.0 Å². The quantitative estimate of drug-likeness (QED) is 0.233. The fourth-order valence-electron chi connectivity index (χ4n) is 0.781. The molecule has 1 aliphatic rings. The molecule has 0 aliphatic heterocycles. The third-order valence-electron chi connectivity index (χ3n) is 1.34. The molecule has 0 saturated carbocycles. The third kappa shape index (κ3) is 28.6. The second-order valence-corrected chi connectivity index (χ2v) is 6.15. The largest absolute Gasteiger partial charge is 0.0767 e. The average Bonchev–Trinajstić information content (AvgIpc) is 2.68. The number of hydrogen-bond donors (Lipinski definition) is 0. The molecule has 123 valence electrons. The molecule has 0 nitrogen and oxygen atoms in total. The van der Waals surface area contributed by atoms with E-state index in [0.717, 1.165) is 0 Å². The Morgan fingerprint density at radius 3 is 1.19 bits per heavy atom. The number of rotatable bonds is 0. The summed E-state index contributed by atoms with van der Waals surface area (Å²) >= 11 is 11.1. The van der Waals surface area contributed by atoms with Crippen molar-refractivity contribution in [3.05, 3.63) is 65.0 Å². The van der Waals surface area contributed by atoms with Crippen molar-refractivity contribution >= 4 is 31.0 Å². The molecule has 0 atom stereocenters. The fourth-order valence-corrected chi connectivity index (χ4v) is 1.22. The third-order valence-corrected chi connectivity index (χ3v) is 1.81. The molecule has 21 heavy (non-hydrogen) atoms. The topological polar surface area (TPSA) is 0 Å². The molecule has 0 N–H and O–H groups in total. The summed E-state index contributed by atoms with van der Waals surface area (Å²) in [4.78, 5) is 0. The first kappa shape index (κ1) is 23.1. The first-order chi connectivity index (χ1) is 8.74. The molecular weight excluding hydrogens is 404 g/mol. The minimum absolute atomic E-state index is 0. The van der Waals surface area contributed by atoms with Crippen LogP contribution in [0.15, 0.2) is 48.6 Å². The van der Waals surface area contributed by atoms with Crippen molar-refractivity contribution in [2.45, 2.75) is 0 Å². The van der Waals surface area contributed by atoms with Gasteiger partial charge in [-0.3, -0.25) is 0 Å². The van der Waals surface area contributed by atoms with E-state index in [1.807, 2.05) is 36.8 Å².